The molecule has 0 unspecified atom stereocenters. The standard InChI is InChI=1S/C13H20N2S/c1-13(2,3)8-9-16-11-6-4-10(5-7-11)12(14)15/h4-7H,8-9H2,1-3H3,(H3,14,15). The van der Waals surface area contributed by atoms with Crippen molar-refractivity contribution in [3.8, 4) is 0 Å². The first kappa shape index (κ1) is 13.1. The second-order valence-electron chi connectivity index (χ2n) is 5.10. The zero-order chi connectivity index (χ0) is 12.2. The summed E-state index contributed by atoms with van der Waals surface area (Å²) in [5, 5.41) is 7.30. The van der Waals surface area contributed by atoms with Gasteiger partial charge in [-0.15, -0.1) is 11.8 Å². The van der Waals surface area contributed by atoms with Crippen LogP contribution in [0.3, 0.4) is 0 Å². The van der Waals surface area contributed by atoms with Crippen molar-refractivity contribution in [1.82, 2.24) is 0 Å². The minimum atomic E-state index is 0.131. The van der Waals surface area contributed by atoms with Gasteiger partial charge in [-0.05, 0) is 29.7 Å². The smallest absolute Gasteiger partial charge is 0.122 e. The normalized spacial score (nSPS) is 11.4. The van der Waals surface area contributed by atoms with E-state index in [1.807, 2.05) is 36.0 Å². The van der Waals surface area contributed by atoms with Gasteiger partial charge in [0.1, 0.15) is 5.84 Å². The van der Waals surface area contributed by atoms with Crippen LogP contribution in [0.25, 0.3) is 0 Å². The molecular weight excluding hydrogens is 216 g/mol. The van der Waals surface area contributed by atoms with Crippen LogP contribution < -0.4 is 5.73 Å². The molecule has 0 fully saturated rings. The van der Waals surface area contributed by atoms with E-state index >= 15 is 0 Å². The van der Waals surface area contributed by atoms with E-state index in [0.29, 0.717) is 5.41 Å². The molecule has 88 valence electrons. The molecule has 0 radical (unpaired) electrons. The first-order valence-corrected chi connectivity index (χ1v) is 6.44. The Morgan fingerprint density at radius 3 is 2.25 bits per heavy atom. The molecule has 0 amide bonds. The number of hydrogen-bond acceptors (Lipinski definition) is 2. The first-order chi connectivity index (χ1) is 7.38. The van der Waals surface area contributed by atoms with Gasteiger partial charge in [-0.3, -0.25) is 5.41 Å². The monoisotopic (exact) mass is 236 g/mol. The van der Waals surface area contributed by atoms with Gasteiger partial charge in [0.2, 0.25) is 0 Å². The third kappa shape index (κ3) is 4.71. The van der Waals surface area contributed by atoms with Crippen molar-refractivity contribution in [1.29, 1.82) is 5.41 Å². The predicted octanol–water partition coefficient (Wildman–Crippen LogP) is 3.50. The van der Waals surface area contributed by atoms with Crippen LogP contribution in [0.15, 0.2) is 29.2 Å². The maximum atomic E-state index is 7.30. The van der Waals surface area contributed by atoms with Gasteiger partial charge in [-0.2, -0.15) is 0 Å². The van der Waals surface area contributed by atoms with Gasteiger partial charge in [0.25, 0.3) is 0 Å². The maximum absolute atomic E-state index is 7.30. The molecular formula is C13H20N2S. The van der Waals surface area contributed by atoms with Crippen LogP contribution in [-0.4, -0.2) is 11.6 Å². The van der Waals surface area contributed by atoms with Gasteiger partial charge in [0.15, 0.2) is 0 Å². The van der Waals surface area contributed by atoms with Crippen molar-refractivity contribution >= 4 is 17.6 Å². The van der Waals surface area contributed by atoms with Crippen LogP contribution >= 0.6 is 11.8 Å². The molecule has 0 atom stereocenters. The zero-order valence-electron chi connectivity index (χ0n) is 10.2. The summed E-state index contributed by atoms with van der Waals surface area (Å²) in [6, 6.07) is 7.87. The molecule has 0 spiro atoms. The third-order valence-electron chi connectivity index (χ3n) is 2.29. The van der Waals surface area contributed by atoms with Gasteiger partial charge < -0.3 is 5.73 Å². The Hall–Kier alpha value is -0.960. The van der Waals surface area contributed by atoms with E-state index in [9.17, 15) is 0 Å². The van der Waals surface area contributed by atoms with Crippen LogP contribution in [0.1, 0.15) is 32.8 Å². The Morgan fingerprint density at radius 2 is 1.81 bits per heavy atom. The highest BCUT2D eigenvalue weighted by atomic mass is 32.2. The van der Waals surface area contributed by atoms with Crippen LogP contribution in [0.4, 0.5) is 0 Å². The average molecular weight is 236 g/mol. The molecule has 16 heavy (non-hydrogen) atoms. The molecule has 3 heteroatoms. The summed E-state index contributed by atoms with van der Waals surface area (Å²) in [5.41, 5.74) is 6.58. The molecule has 0 aromatic heterocycles. The summed E-state index contributed by atoms with van der Waals surface area (Å²) in [5.74, 6) is 1.26. The molecule has 0 heterocycles. The second-order valence-corrected chi connectivity index (χ2v) is 6.27. The average Bonchev–Trinajstić information content (AvgIpc) is 2.16. The van der Waals surface area contributed by atoms with Crippen molar-refractivity contribution in [3.05, 3.63) is 29.8 Å². The molecule has 0 aliphatic carbocycles. The lowest BCUT2D eigenvalue weighted by atomic mass is 9.94. The molecule has 1 aromatic rings. The Kier molecular flexibility index (Phi) is 4.42. The molecule has 1 aromatic carbocycles. The number of benzene rings is 1. The van der Waals surface area contributed by atoms with E-state index in [-0.39, 0.29) is 5.84 Å². The van der Waals surface area contributed by atoms with Gasteiger partial charge in [0.05, 0.1) is 0 Å². The number of thioether (sulfide) groups is 1. The van der Waals surface area contributed by atoms with E-state index in [2.05, 4.69) is 20.8 Å². The van der Waals surface area contributed by atoms with Crippen LogP contribution in [0, 0.1) is 10.8 Å². The summed E-state index contributed by atoms with van der Waals surface area (Å²) in [6.45, 7) is 6.77. The van der Waals surface area contributed by atoms with Crippen molar-refractivity contribution in [2.75, 3.05) is 5.75 Å². The lowest BCUT2D eigenvalue weighted by Gasteiger charge is -2.17. The van der Waals surface area contributed by atoms with Gasteiger partial charge in [-0.25, -0.2) is 0 Å². The van der Waals surface area contributed by atoms with Gasteiger partial charge in [0, 0.05) is 10.5 Å². The van der Waals surface area contributed by atoms with Crippen molar-refractivity contribution in [2.24, 2.45) is 11.1 Å². The lowest BCUT2D eigenvalue weighted by molar-refractivity contribution is 0.401. The number of nitrogens with one attached hydrogen (secondary N) is 1. The minimum absolute atomic E-state index is 0.131. The number of amidine groups is 1. The number of rotatable bonds is 4. The number of nitrogen functional groups attached to an aromatic ring is 1. The fraction of sp³-hybridized carbons (Fsp3) is 0.462. The van der Waals surface area contributed by atoms with E-state index < -0.39 is 0 Å². The minimum Gasteiger partial charge on any atom is -0.384 e. The molecule has 3 N–H and O–H groups in total. The second kappa shape index (κ2) is 5.39. The highest BCUT2D eigenvalue weighted by Gasteiger charge is 2.09. The van der Waals surface area contributed by atoms with Crippen LogP contribution in [-0.2, 0) is 0 Å². The highest BCUT2D eigenvalue weighted by Crippen LogP contribution is 2.25. The summed E-state index contributed by atoms with van der Waals surface area (Å²) in [7, 11) is 0. The molecule has 0 aliphatic rings. The molecule has 0 bridgehead atoms. The fourth-order valence-corrected chi connectivity index (χ4v) is 2.48. The van der Waals surface area contributed by atoms with E-state index in [1.54, 1.807) is 0 Å². The van der Waals surface area contributed by atoms with E-state index in [0.717, 1.165) is 11.3 Å². The van der Waals surface area contributed by atoms with Crippen molar-refractivity contribution < 1.29 is 0 Å². The Morgan fingerprint density at radius 1 is 1.25 bits per heavy atom. The van der Waals surface area contributed by atoms with Crippen LogP contribution in [0.5, 0.6) is 0 Å². The number of nitrogens with two attached hydrogens (primary N) is 1. The SMILES string of the molecule is CC(C)(C)CCSc1ccc(C(=N)N)cc1. The van der Waals surface area contributed by atoms with E-state index in [4.69, 9.17) is 11.1 Å². The number of hydrogen-bond donors (Lipinski definition) is 2. The Balaban J connectivity index is 2.47. The fourth-order valence-electron chi connectivity index (χ4n) is 1.21. The molecule has 0 saturated heterocycles. The van der Waals surface area contributed by atoms with Crippen LogP contribution in [0.2, 0.25) is 0 Å². The molecule has 0 aliphatic heterocycles. The molecule has 1 rings (SSSR count). The summed E-state index contributed by atoms with van der Waals surface area (Å²) in [6.07, 6.45) is 1.20. The van der Waals surface area contributed by atoms with Crippen molar-refractivity contribution in [2.45, 2.75) is 32.1 Å². The predicted molar refractivity (Wildman–Crippen MR) is 72.3 cm³/mol. The Labute approximate surface area is 102 Å². The summed E-state index contributed by atoms with van der Waals surface area (Å²) < 4.78 is 0. The Bertz CT molecular complexity index is 349. The van der Waals surface area contributed by atoms with Crippen molar-refractivity contribution in [3.63, 3.8) is 0 Å². The quantitative estimate of drug-likeness (QED) is 0.477. The molecule has 0 saturated carbocycles. The topological polar surface area (TPSA) is 49.9 Å². The lowest BCUT2D eigenvalue weighted by Crippen LogP contribution is -2.10. The largest absolute Gasteiger partial charge is 0.384 e. The summed E-state index contributed by atoms with van der Waals surface area (Å²) >= 11 is 1.86. The maximum Gasteiger partial charge on any atom is 0.122 e. The van der Waals surface area contributed by atoms with Gasteiger partial charge in [-0.1, -0.05) is 32.9 Å². The third-order valence-corrected chi connectivity index (χ3v) is 3.30. The highest BCUT2D eigenvalue weighted by molar-refractivity contribution is 7.99. The van der Waals surface area contributed by atoms with Gasteiger partial charge >= 0.3 is 0 Å². The zero-order valence-corrected chi connectivity index (χ0v) is 11.0. The molecule has 2 nitrogen and oxygen atoms in total. The van der Waals surface area contributed by atoms with E-state index in [1.165, 1.54) is 11.3 Å². The summed E-state index contributed by atoms with van der Waals surface area (Å²) in [4.78, 5) is 1.24. The first-order valence-electron chi connectivity index (χ1n) is 5.46.